The molecular formula is C23H20ClN3OS3. The summed E-state index contributed by atoms with van der Waals surface area (Å²) in [5, 5.41) is 5.23. The first-order chi connectivity index (χ1) is 14.8. The van der Waals surface area contributed by atoms with Crippen LogP contribution in [0.25, 0.3) is 11.4 Å². The molecule has 0 radical (unpaired) electrons. The summed E-state index contributed by atoms with van der Waals surface area (Å²) in [4.78, 5) is 13.0. The van der Waals surface area contributed by atoms with Crippen molar-refractivity contribution in [1.29, 1.82) is 0 Å². The van der Waals surface area contributed by atoms with Crippen LogP contribution in [-0.4, -0.2) is 25.9 Å². The predicted octanol–water partition coefficient (Wildman–Crippen LogP) is 7.01. The molecule has 0 N–H and O–H groups in total. The number of aromatic nitrogens is 3. The summed E-state index contributed by atoms with van der Waals surface area (Å²) >= 11 is 14.2. The van der Waals surface area contributed by atoms with Gasteiger partial charge in [0.2, 0.25) is 0 Å². The number of benzene rings is 2. The summed E-state index contributed by atoms with van der Waals surface area (Å²) < 4.78 is 5.22. The van der Waals surface area contributed by atoms with Crippen LogP contribution in [0, 0.1) is 24.7 Å². The second-order valence-electron chi connectivity index (χ2n) is 7.19. The number of rotatable bonds is 6. The maximum atomic E-state index is 13.0. The Morgan fingerprint density at radius 3 is 2.39 bits per heavy atom. The molecule has 0 amide bonds. The topological polar surface area (TPSA) is 39.8 Å². The van der Waals surface area contributed by atoms with Crippen molar-refractivity contribution in [2.45, 2.75) is 25.1 Å². The Balaban J connectivity index is 1.52. The van der Waals surface area contributed by atoms with Crippen LogP contribution >= 0.6 is 46.9 Å². The van der Waals surface area contributed by atoms with E-state index < -0.39 is 0 Å². The minimum Gasteiger partial charge on any atom is -0.318 e. The lowest BCUT2D eigenvalue weighted by Gasteiger charge is -2.10. The molecule has 0 spiro atoms. The van der Waals surface area contributed by atoms with Crippen LogP contribution in [0.15, 0.2) is 58.9 Å². The summed E-state index contributed by atoms with van der Waals surface area (Å²) in [6.45, 7) is 6.08. The van der Waals surface area contributed by atoms with E-state index in [-0.39, 0.29) is 5.78 Å². The summed E-state index contributed by atoms with van der Waals surface area (Å²) in [5.41, 5.74) is 5.85. The van der Waals surface area contributed by atoms with Crippen molar-refractivity contribution in [2.75, 3.05) is 5.75 Å². The molecule has 2 heterocycles. The van der Waals surface area contributed by atoms with E-state index in [1.165, 1.54) is 28.7 Å². The van der Waals surface area contributed by atoms with Crippen molar-refractivity contribution in [2.24, 2.45) is 0 Å². The number of halogens is 1. The van der Waals surface area contributed by atoms with E-state index in [1.807, 2.05) is 32.0 Å². The molecule has 2 aromatic carbocycles. The minimum absolute atomic E-state index is 0.0793. The average molecular weight is 486 g/mol. The number of aryl methyl sites for hydroxylation is 2. The Labute approximate surface area is 199 Å². The highest BCUT2D eigenvalue weighted by Gasteiger charge is 2.18. The number of carbonyl (C=O) groups excluding carboxylic acids is 1. The fourth-order valence-electron chi connectivity index (χ4n) is 3.41. The van der Waals surface area contributed by atoms with E-state index in [2.05, 4.69) is 40.9 Å². The van der Waals surface area contributed by atoms with Crippen LogP contribution in [0.4, 0.5) is 0 Å². The van der Waals surface area contributed by atoms with Crippen LogP contribution in [0.3, 0.4) is 0 Å². The smallest absolute Gasteiger partial charge is 0.184 e. The molecule has 0 saturated heterocycles. The van der Waals surface area contributed by atoms with Gasteiger partial charge in [0.1, 0.15) is 0 Å². The first kappa shape index (κ1) is 22.0. The minimum atomic E-state index is 0.0793. The SMILES string of the molecule is Cc1ccc(-n2c(C)cc(C(=O)CSc3nn(-c4ccc(Cl)cc4)c(=S)s3)c2C)cc1. The van der Waals surface area contributed by atoms with Gasteiger partial charge >= 0.3 is 0 Å². The van der Waals surface area contributed by atoms with Gasteiger partial charge in [0, 0.05) is 27.7 Å². The average Bonchev–Trinajstić information content (AvgIpc) is 3.26. The Morgan fingerprint density at radius 1 is 1.06 bits per heavy atom. The van der Waals surface area contributed by atoms with Crippen molar-refractivity contribution in [3.63, 3.8) is 0 Å². The number of nitrogens with zero attached hydrogens (tertiary/aromatic N) is 3. The molecular weight excluding hydrogens is 466 g/mol. The van der Waals surface area contributed by atoms with Gasteiger partial charge in [0.25, 0.3) is 0 Å². The van der Waals surface area contributed by atoms with Crippen molar-refractivity contribution in [3.05, 3.63) is 86.1 Å². The summed E-state index contributed by atoms with van der Waals surface area (Å²) in [6, 6.07) is 17.6. The monoisotopic (exact) mass is 485 g/mol. The number of Topliss-reactive ketones (excluding diaryl/α,β-unsaturated/α-hetero) is 1. The zero-order valence-electron chi connectivity index (χ0n) is 17.3. The van der Waals surface area contributed by atoms with Gasteiger partial charge in [-0.1, -0.05) is 52.4 Å². The van der Waals surface area contributed by atoms with Gasteiger partial charge < -0.3 is 4.57 Å². The molecule has 8 heteroatoms. The zero-order valence-corrected chi connectivity index (χ0v) is 20.5. The molecule has 0 atom stereocenters. The zero-order chi connectivity index (χ0) is 22.1. The number of ketones is 1. The number of thioether (sulfide) groups is 1. The molecule has 4 aromatic rings. The first-order valence-corrected chi connectivity index (χ1v) is 12.2. The van der Waals surface area contributed by atoms with Gasteiger partial charge in [-0.3, -0.25) is 4.79 Å². The molecule has 0 fully saturated rings. The first-order valence-electron chi connectivity index (χ1n) is 9.61. The standard InChI is InChI=1S/C23H20ClN3OS3/c1-14-4-8-18(9-5-14)26-15(2)12-20(16(26)3)21(28)13-30-22-25-27(23(29)31-22)19-10-6-17(24)7-11-19/h4-12H,13H2,1-3H3. The quantitative estimate of drug-likeness (QED) is 0.167. The van der Waals surface area contributed by atoms with E-state index in [9.17, 15) is 4.79 Å². The van der Waals surface area contributed by atoms with E-state index in [1.54, 1.807) is 16.8 Å². The molecule has 158 valence electrons. The number of carbonyl (C=O) groups is 1. The molecule has 4 rings (SSSR count). The molecule has 0 aliphatic carbocycles. The number of hydrogen-bond donors (Lipinski definition) is 0. The third kappa shape index (κ3) is 4.70. The van der Waals surface area contributed by atoms with Gasteiger partial charge in [0.05, 0.1) is 11.4 Å². The van der Waals surface area contributed by atoms with Crippen LogP contribution in [-0.2, 0) is 0 Å². The maximum absolute atomic E-state index is 13.0. The summed E-state index contributed by atoms with van der Waals surface area (Å²) in [6.07, 6.45) is 0. The van der Waals surface area contributed by atoms with E-state index in [0.29, 0.717) is 14.7 Å². The molecule has 0 unspecified atom stereocenters. The second-order valence-corrected chi connectivity index (χ2v) is 10.5. The molecule has 2 aromatic heterocycles. The molecule has 0 aliphatic rings. The molecule has 0 aliphatic heterocycles. The maximum Gasteiger partial charge on any atom is 0.184 e. The highest BCUT2D eigenvalue weighted by atomic mass is 35.5. The van der Waals surface area contributed by atoms with Crippen LogP contribution in [0.2, 0.25) is 5.02 Å². The van der Waals surface area contributed by atoms with Crippen LogP contribution < -0.4 is 0 Å². The fourth-order valence-corrected chi connectivity index (χ4v) is 5.78. The highest BCUT2D eigenvalue weighted by molar-refractivity contribution is 8.01. The highest BCUT2D eigenvalue weighted by Crippen LogP contribution is 2.27. The van der Waals surface area contributed by atoms with Gasteiger partial charge in [-0.2, -0.15) is 0 Å². The number of hydrogen-bond acceptors (Lipinski definition) is 5. The van der Waals surface area contributed by atoms with Crippen LogP contribution in [0.1, 0.15) is 27.3 Å². The molecule has 31 heavy (non-hydrogen) atoms. The van der Waals surface area contributed by atoms with Crippen molar-refractivity contribution in [1.82, 2.24) is 14.3 Å². The van der Waals surface area contributed by atoms with Gasteiger partial charge in [0.15, 0.2) is 14.1 Å². The summed E-state index contributed by atoms with van der Waals surface area (Å²) in [7, 11) is 0. The second kappa shape index (κ2) is 9.12. The molecule has 4 nitrogen and oxygen atoms in total. The molecule has 0 saturated carbocycles. The lowest BCUT2D eigenvalue weighted by Crippen LogP contribution is -2.05. The van der Waals surface area contributed by atoms with Gasteiger partial charge in [-0.25, -0.2) is 4.68 Å². The third-order valence-electron chi connectivity index (χ3n) is 4.95. The van der Waals surface area contributed by atoms with E-state index in [4.69, 9.17) is 23.8 Å². The Bertz CT molecular complexity index is 1300. The van der Waals surface area contributed by atoms with Crippen LogP contribution in [0.5, 0.6) is 0 Å². The van der Waals surface area contributed by atoms with Gasteiger partial charge in [-0.05, 0) is 75.5 Å². The van der Waals surface area contributed by atoms with Crippen molar-refractivity contribution >= 4 is 52.7 Å². The van der Waals surface area contributed by atoms with Crippen molar-refractivity contribution < 1.29 is 4.79 Å². The normalized spacial score (nSPS) is 11.1. The van der Waals surface area contributed by atoms with E-state index in [0.717, 1.165) is 32.7 Å². The Morgan fingerprint density at radius 2 is 1.71 bits per heavy atom. The fraction of sp³-hybridized carbons (Fsp3) is 0.174. The third-order valence-corrected chi connectivity index (χ3v) is 7.57. The van der Waals surface area contributed by atoms with E-state index >= 15 is 0 Å². The predicted molar refractivity (Wildman–Crippen MR) is 132 cm³/mol. The van der Waals surface area contributed by atoms with Crippen molar-refractivity contribution in [3.8, 4) is 11.4 Å². The molecule has 0 bridgehead atoms. The summed E-state index contributed by atoms with van der Waals surface area (Å²) in [5.74, 6) is 0.386. The largest absolute Gasteiger partial charge is 0.318 e. The lowest BCUT2D eigenvalue weighted by atomic mass is 10.2. The lowest BCUT2D eigenvalue weighted by molar-refractivity contribution is 0.102. The Hall–Kier alpha value is -2.19. The Kier molecular flexibility index (Phi) is 6.48. The van der Waals surface area contributed by atoms with Gasteiger partial charge in [-0.15, -0.1) is 5.10 Å².